The molecule has 9 nitrogen and oxygen atoms in total. The summed E-state index contributed by atoms with van der Waals surface area (Å²) in [6.07, 6.45) is 1.82. The molecule has 12 heteroatoms. The number of hydrogen-bond donors (Lipinski definition) is 0. The van der Waals surface area contributed by atoms with Gasteiger partial charge in [-0.2, -0.15) is 4.31 Å². The Kier molecular flexibility index (Phi) is 8.96. The van der Waals surface area contributed by atoms with E-state index in [9.17, 15) is 13.2 Å². The van der Waals surface area contributed by atoms with E-state index in [0.29, 0.717) is 48.4 Å². The first kappa shape index (κ1) is 27.5. The summed E-state index contributed by atoms with van der Waals surface area (Å²) in [7, 11) is -3.51. The molecule has 0 radical (unpaired) electrons. The second-order valence-electron chi connectivity index (χ2n) is 9.44. The quantitative estimate of drug-likeness (QED) is 0.360. The molecule has 2 aromatic heterocycles. The van der Waals surface area contributed by atoms with Gasteiger partial charge in [0, 0.05) is 45.2 Å². The number of carbonyl (C=O) groups excluding carboxylic acids is 1. The number of morpholine rings is 1. The minimum absolute atomic E-state index is 0.0252. The zero-order valence-corrected chi connectivity index (χ0v) is 24.0. The maximum Gasteiger partial charge on any atom is 0.252 e. The number of sulfonamides is 1. The summed E-state index contributed by atoms with van der Waals surface area (Å²) in [6, 6.07) is 9.24. The largest absolute Gasteiger partial charge is 0.492 e. The van der Waals surface area contributed by atoms with Gasteiger partial charge in [-0.1, -0.05) is 23.5 Å². The summed E-state index contributed by atoms with van der Waals surface area (Å²) in [5, 5.41) is 2.44. The van der Waals surface area contributed by atoms with E-state index in [0.717, 1.165) is 55.2 Å². The van der Waals surface area contributed by atoms with Gasteiger partial charge in [-0.3, -0.25) is 14.6 Å². The van der Waals surface area contributed by atoms with Gasteiger partial charge >= 0.3 is 0 Å². The van der Waals surface area contributed by atoms with Crippen LogP contribution in [0.1, 0.15) is 26.2 Å². The summed E-state index contributed by atoms with van der Waals surface area (Å²) < 4.78 is 40.0. The number of rotatable bonds is 10. The molecule has 2 aliphatic heterocycles. The van der Waals surface area contributed by atoms with Crippen LogP contribution in [0.2, 0.25) is 0 Å². The van der Waals surface area contributed by atoms with Crippen LogP contribution in [0, 0.1) is 5.92 Å². The number of anilines is 1. The molecule has 5 rings (SSSR count). The van der Waals surface area contributed by atoms with E-state index in [4.69, 9.17) is 14.5 Å². The summed E-state index contributed by atoms with van der Waals surface area (Å²) >= 11 is 2.73. The molecular formula is C26H34N4O5S3. The van der Waals surface area contributed by atoms with Crippen molar-refractivity contribution in [1.82, 2.24) is 14.2 Å². The number of para-hydroxylation sites is 1. The highest BCUT2D eigenvalue weighted by molar-refractivity contribution is 7.91. The lowest BCUT2D eigenvalue weighted by molar-refractivity contribution is -0.123. The SMILES string of the molecule is CCOc1cccc2sc(N(CCCN3CCOCC3)C(=O)C3CCN(S(=O)(=O)c4cccs4)CC3)nc12. The van der Waals surface area contributed by atoms with Crippen molar-refractivity contribution in [2.45, 2.75) is 30.4 Å². The van der Waals surface area contributed by atoms with E-state index in [-0.39, 0.29) is 11.8 Å². The van der Waals surface area contributed by atoms with Crippen molar-refractivity contribution in [3.8, 4) is 5.75 Å². The normalized spacial score (nSPS) is 18.1. The third-order valence-electron chi connectivity index (χ3n) is 7.02. The average molecular weight is 579 g/mol. The zero-order valence-electron chi connectivity index (χ0n) is 21.6. The number of hydrogen-bond acceptors (Lipinski definition) is 9. The molecule has 0 N–H and O–H groups in total. The third-order valence-corrected chi connectivity index (χ3v) is 11.3. The maximum absolute atomic E-state index is 13.9. The van der Waals surface area contributed by atoms with Gasteiger partial charge in [-0.25, -0.2) is 13.4 Å². The van der Waals surface area contributed by atoms with Gasteiger partial charge in [0.05, 0.1) is 24.5 Å². The Balaban J connectivity index is 1.32. The van der Waals surface area contributed by atoms with Gasteiger partial charge < -0.3 is 9.47 Å². The third kappa shape index (κ3) is 6.05. The van der Waals surface area contributed by atoms with E-state index in [1.54, 1.807) is 17.5 Å². The fraction of sp³-hybridized carbons (Fsp3) is 0.538. The molecular weight excluding hydrogens is 545 g/mol. The topological polar surface area (TPSA) is 92.3 Å². The standard InChI is InChI=1S/C26H34N4O5S3/c1-2-35-21-6-3-7-22-24(21)27-26(37-22)30(12-5-11-28-15-17-34-18-16-28)25(31)20-9-13-29(14-10-20)38(32,33)23-8-4-19-36-23/h3-4,6-8,19-20H,2,5,9-18H2,1H3. The first-order chi connectivity index (χ1) is 18.5. The molecule has 0 aliphatic carbocycles. The molecule has 0 saturated carbocycles. The number of thiophene rings is 1. The average Bonchev–Trinajstić information content (AvgIpc) is 3.63. The lowest BCUT2D eigenvalue weighted by Crippen LogP contribution is -2.45. The Hall–Kier alpha value is -2.09. The number of piperidine rings is 1. The zero-order chi connectivity index (χ0) is 26.5. The lowest BCUT2D eigenvalue weighted by atomic mass is 9.96. The number of thiazole rings is 1. The smallest absolute Gasteiger partial charge is 0.252 e. The molecule has 4 heterocycles. The van der Waals surface area contributed by atoms with E-state index in [1.807, 2.05) is 30.0 Å². The Labute approximate surface area is 232 Å². The number of nitrogens with zero attached hydrogens (tertiary/aromatic N) is 4. The van der Waals surface area contributed by atoms with Crippen molar-refractivity contribution in [1.29, 1.82) is 0 Å². The number of ether oxygens (including phenoxy) is 2. The molecule has 1 aromatic carbocycles. The minimum Gasteiger partial charge on any atom is -0.492 e. The Morgan fingerprint density at radius 1 is 1.16 bits per heavy atom. The van der Waals surface area contributed by atoms with Gasteiger partial charge in [-0.05, 0) is 49.8 Å². The molecule has 2 saturated heterocycles. The van der Waals surface area contributed by atoms with E-state index in [1.165, 1.54) is 27.0 Å². The van der Waals surface area contributed by atoms with Gasteiger partial charge in [0.2, 0.25) is 5.91 Å². The van der Waals surface area contributed by atoms with Crippen molar-refractivity contribution < 1.29 is 22.7 Å². The predicted molar refractivity (Wildman–Crippen MR) is 151 cm³/mol. The second kappa shape index (κ2) is 12.4. The van der Waals surface area contributed by atoms with Crippen LogP contribution in [0.5, 0.6) is 5.75 Å². The molecule has 0 unspecified atom stereocenters. The first-order valence-electron chi connectivity index (χ1n) is 13.1. The highest BCUT2D eigenvalue weighted by atomic mass is 32.2. The van der Waals surface area contributed by atoms with Crippen LogP contribution in [0.25, 0.3) is 10.2 Å². The molecule has 206 valence electrons. The fourth-order valence-corrected chi connectivity index (χ4v) is 8.61. The first-order valence-corrected chi connectivity index (χ1v) is 16.3. The number of carbonyl (C=O) groups is 1. The van der Waals surface area contributed by atoms with Crippen LogP contribution in [0.4, 0.5) is 5.13 Å². The Bertz CT molecular complexity index is 1310. The van der Waals surface area contributed by atoms with Crippen LogP contribution in [0.3, 0.4) is 0 Å². The van der Waals surface area contributed by atoms with E-state index < -0.39 is 10.0 Å². The molecule has 2 fully saturated rings. The van der Waals surface area contributed by atoms with E-state index >= 15 is 0 Å². The van der Waals surface area contributed by atoms with Crippen LogP contribution < -0.4 is 9.64 Å². The van der Waals surface area contributed by atoms with E-state index in [2.05, 4.69) is 4.90 Å². The molecule has 3 aromatic rings. The Morgan fingerprint density at radius 3 is 2.66 bits per heavy atom. The molecule has 2 aliphatic rings. The summed E-state index contributed by atoms with van der Waals surface area (Å²) in [5.74, 6) is 0.504. The fourth-order valence-electron chi connectivity index (χ4n) is 4.98. The maximum atomic E-state index is 13.9. The van der Waals surface area contributed by atoms with Crippen LogP contribution in [-0.4, -0.2) is 87.6 Å². The van der Waals surface area contributed by atoms with Gasteiger partial charge in [-0.15, -0.1) is 11.3 Å². The highest BCUT2D eigenvalue weighted by Crippen LogP contribution is 2.36. The van der Waals surface area contributed by atoms with Crippen LogP contribution in [-0.2, 0) is 19.6 Å². The molecule has 0 spiro atoms. The number of amides is 1. The van der Waals surface area contributed by atoms with Crippen molar-refractivity contribution in [2.75, 3.05) is 64.0 Å². The molecule has 38 heavy (non-hydrogen) atoms. The van der Waals surface area contributed by atoms with Gasteiger partial charge in [0.1, 0.15) is 15.5 Å². The number of fused-ring (bicyclic) bond motifs is 1. The van der Waals surface area contributed by atoms with Crippen molar-refractivity contribution in [3.63, 3.8) is 0 Å². The highest BCUT2D eigenvalue weighted by Gasteiger charge is 2.35. The molecule has 0 bridgehead atoms. The molecule has 0 atom stereocenters. The van der Waals surface area contributed by atoms with Crippen LogP contribution in [0.15, 0.2) is 39.9 Å². The predicted octanol–water partition coefficient (Wildman–Crippen LogP) is 3.91. The van der Waals surface area contributed by atoms with Crippen molar-refractivity contribution in [2.24, 2.45) is 5.92 Å². The van der Waals surface area contributed by atoms with Gasteiger partial charge in [0.15, 0.2) is 5.13 Å². The molecule has 1 amide bonds. The monoisotopic (exact) mass is 578 g/mol. The summed E-state index contributed by atoms with van der Waals surface area (Å²) in [4.78, 5) is 23.0. The Morgan fingerprint density at radius 2 is 1.95 bits per heavy atom. The van der Waals surface area contributed by atoms with Gasteiger partial charge in [0.25, 0.3) is 10.0 Å². The number of aromatic nitrogens is 1. The number of benzene rings is 1. The summed E-state index contributed by atoms with van der Waals surface area (Å²) in [6.45, 7) is 7.92. The van der Waals surface area contributed by atoms with Crippen molar-refractivity contribution in [3.05, 3.63) is 35.7 Å². The van der Waals surface area contributed by atoms with Crippen molar-refractivity contribution >= 4 is 54.0 Å². The summed E-state index contributed by atoms with van der Waals surface area (Å²) in [5.41, 5.74) is 0.775. The van der Waals surface area contributed by atoms with Crippen LogP contribution >= 0.6 is 22.7 Å². The lowest BCUT2D eigenvalue weighted by Gasteiger charge is -2.33. The second-order valence-corrected chi connectivity index (χ2v) is 13.6. The minimum atomic E-state index is -3.51.